The molecule has 0 fully saturated rings. The van der Waals surface area contributed by atoms with Crippen molar-refractivity contribution in [3.05, 3.63) is 35.4 Å². The average molecular weight is 231 g/mol. The third-order valence-electron chi connectivity index (χ3n) is 2.83. The number of hydrogen-bond donors (Lipinski definition) is 1. The summed E-state index contributed by atoms with van der Waals surface area (Å²) in [5.74, 6) is -1.44. The fourth-order valence-corrected chi connectivity index (χ4v) is 1.62. The third-order valence-corrected chi connectivity index (χ3v) is 2.83. The van der Waals surface area contributed by atoms with Crippen molar-refractivity contribution in [1.82, 2.24) is 0 Å². The standard InChI is InChI=1S/C12H16F3N/c1-11(2,3)12(15,7-16)9-6-8(13)4-5-10(9)14/h4-6H,7,16H2,1-3H3. The number of nitrogens with two attached hydrogens (primary N) is 1. The smallest absolute Gasteiger partial charge is 0.155 e. The molecule has 0 aliphatic carbocycles. The van der Waals surface area contributed by atoms with E-state index in [1.165, 1.54) is 0 Å². The second-order valence-electron chi connectivity index (χ2n) is 4.88. The molecule has 0 amide bonds. The van der Waals surface area contributed by atoms with Crippen molar-refractivity contribution < 1.29 is 13.2 Å². The minimum absolute atomic E-state index is 0.317. The second kappa shape index (κ2) is 4.09. The maximum Gasteiger partial charge on any atom is 0.155 e. The van der Waals surface area contributed by atoms with Gasteiger partial charge < -0.3 is 5.73 Å². The number of benzene rings is 1. The SMILES string of the molecule is CC(C)(C)C(F)(CN)c1cc(F)ccc1F. The highest BCUT2D eigenvalue weighted by Crippen LogP contribution is 2.43. The summed E-state index contributed by atoms with van der Waals surface area (Å²) >= 11 is 0. The van der Waals surface area contributed by atoms with Crippen LogP contribution in [0.5, 0.6) is 0 Å². The summed E-state index contributed by atoms with van der Waals surface area (Å²) in [7, 11) is 0. The molecule has 1 unspecified atom stereocenters. The third kappa shape index (κ3) is 2.07. The Balaban J connectivity index is 3.39. The molecule has 0 saturated heterocycles. The molecule has 0 bridgehead atoms. The molecule has 1 atom stereocenters. The van der Waals surface area contributed by atoms with Gasteiger partial charge in [0.25, 0.3) is 0 Å². The molecule has 0 aliphatic rings. The summed E-state index contributed by atoms with van der Waals surface area (Å²) in [6.45, 7) is 4.41. The lowest BCUT2D eigenvalue weighted by Crippen LogP contribution is -2.43. The van der Waals surface area contributed by atoms with E-state index in [-0.39, 0.29) is 5.56 Å². The molecule has 1 aromatic carbocycles. The molecule has 1 aromatic rings. The molecule has 0 aromatic heterocycles. The van der Waals surface area contributed by atoms with Gasteiger partial charge >= 0.3 is 0 Å². The monoisotopic (exact) mass is 231 g/mol. The fraction of sp³-hybridized carbons (Fsp3) is 0.500. The van der Waals surface area contributed by atoms with Gasteiger partial charge in [0, 0.05) is 17.5 Å². The van der Waals surface area contributed by atoms with Gasteiger partial charge in [-0.1, -0.05) is 20.8 Å². The second-order valence-corrected chi connectivity index (χ2v) is 4.88. The number of hydrogen-bond acceptors (Lipinski definition) is 1. The molecular formula is C12H16F3N. The van der Waals surface area contributed by atoms with Crippen LogP contribution in [0.15, 0.2) is 18.2 Å². The van der Waals surface area contributed by atoms with Crippen LogP contribution in [0.1, 0.15) is 26.3 Å². The lowest BCUT2D eigenvalue weighted by atomic mass is 9.73. The first kappa shape index (κ1) is 13.0. The lowest BCUT2D eigenvalue weighted by Gasteiger charge is -2.37. The van der Waals surface area contributed by atoms with E-state index < -0.39 is 29.3 Å². The van der Waals surface area contributed by atoms with Gasteiger partial charge in [0.1, 0.15) is 11.6 Å². The Morgan fingerprint density at radius 3 is 2.19 bits per heavy atom. The summed E-state index contributed by atoms with van der Waals surface area (Å²) in [6.07, 6.45) is 0. The minimum Gasteiger partial charge on any atom is -0.327 e. The van der Waals surface area contributed by atoms with E-state index in [0.717, 1.165) is 18.2 Å². The Morgan fingerprint density at radius 2 is 1.75 bits per heavy atom. The molecule has 0 saturated carbocycles. The van der Waals surface area contributed by atoms with E-state index in [4.69, 9.17) is 5.73 Å². The average Bonchev–Trinajstić information content (AvgIpc) is 2.19. The first-order chi connectivity index (χ1) is 7.22. The van der Waals surface area contributed by atoms with Gasteiger partial charge in [0.15, 0.2) is 5.67 Å². The summed E-state index contributed by atoms with van der Waals surface area (Å²) in [4.78, 5) is 0. The van der Waals surface area contributed by atoms with Gasteiger partial charge in [-0.2, -0.15) is 0 Å². The first-order valence-corrected chi connectivity index (χ1v) is 5.07. The zero-order valence-corrected chi connectivity index (χ0v) is 9.65. The number of alkyl halides is 1. The van der Waals surface area contributed by atoms with E-state index >= 15 is 0 Å². The Morgan fingerprint density at radius 1 is 1.19 bits per heavy atom. The molecule has 4 heteroatoms. The number of rotatable bonds is 2. The minimum atomic E-state index is -2.08. The van der Waals surface area contributed by atoms with E-state index in [0.29, 0.717) is 0 Å². The van der Waals surface area contributed by atoms with Crippen molar-refractivity contribution in [2.75, 3.05) is 6.54 Å². The molecule has 1 nitrogen and oxygen atoms in total. The Bertz CT molecular complexity index is 384. The highest BCUT2D eigenvalue weighted by atomic mass is 19.2. The van der Waals surface area contributed by atoms with Crippen molar-refractivity contribution >= 4 is 0 Å². The van der Waals surface area contributed by atoms with Crippen LogP contribution in [0.25, 0.3) is 0 Å². The topological polar surface area (TPSA) is 26.0 Å². The highest BCUT2D eigenvalue weighted by Gasteiger charge is 2.44. The molecule has 0 heterocycles. The molecule has 16 heavy (non-hydrogen) atoms. The van der Waals surface area contributed by atoms with Gasteiger partial charge in [-0.15, -0.1) is 0 Å². The van der Waals surface area contributed by atoms with Crippen LogP contribution in [0.2, 0.25) is 0 Å². The van der Waals surface area contributed by atoms with Gasteiger partial charge in [-0.25, -0.2) is 13.2 Å². The molecular weight excluding hydrogens is 215 g/mol. The summed E-state index contributed by atoms with van der Waals surface area (Å²) < 4.78 is 41.2. The van der Waals surface area contributed by atoms with Crippen LogP contribution < -0.4 is 5.73 Å². The van der Waals surface area contributed by atoms with Crippen molar-refractivity contribution in [3.8, 4) is 0 Å². The molecule has 0 spiro atoms. The highest BCUT2D eigenvalue weighted by molar-refractivity contribution is 5.28. The van der Waals surface area contributed by atoms with E-state index in [9.17, 15) is 13.2 Å². The predicted molar refractivity (Wildman–Crippen MR) is 57.7 cm³/mol. The van der Waals surface area contributed by atoms with E-state index in [1.807, 2.05) is 0 Å². The van der Waals surface area contributed by atoms with Crippen LogP contribution in [-0.2, 0) is 5.67 Å². The Labute approximate surface area is 93.5 Å². The van der Waals surface area contributed by atoms with Crippen LogP contribution in [0, 0.1) is 17.0 Å². The van der Waals surface area contributed by atoms with Gasteiger partial charge in [0.2, 0.25) is 0 Å². The summed E-state index contributed by atoms with van der Waals surface area (Å²) in [6, 6.07) is 2.74. The van der Waals surface area contributed by atoms with Crippen molar-refractivity contribution in [2.24, 2.45) is 11.1 Å². The lowest BCUT2D eigenvalue weighted by molar-refractivity contribution is 0.0304. The zero-order valence-electron chi connectivity index (χ0n) is 9.65. The van der Waals surface area contributed by atoms with Crippen LogP contribution in [-0.4, -0.2) is 6.54 Å². The quantitative estimate of drug-likeness (QED) is 0.831. The predicted octanol–water partition coefficient (Wildman–Crippen LogP) is 3.13. The van der Waals surface area contributed by atoms with Crippen molar-refractivity contribution in [1.29, 1.82) is 0 Å². The number of halogens is 3. The van der Waals surface area contributed by atoms with Crippen molar-refractivity contribution in [3.63, 3.8) is 0 Å². The normalized spacial score (nSPS) is 15.9. The van der Waals surface area contributed by atoms with Crippen molar-refractivity contribution in [2.45, 2.75) is 26.4 Å². The summed E-state index contributed by atoms with van der Waals surface area (Å²) in [5, 5.41) is 0. The largest absolute Gasteiger partial charge is 0.327 e. The molecule has 1 rings (SSSR count). The van der Waals surface area contributed by atoms with E-state index in [2.05, 4.69) is 0 Å². The zero-order chi connectivity index (χ0) is 12.6. The Hall–Kier alpha value is -1.03. The van der Waals surface area contributed by atoms with Gasteiger partial charge in [-0.05, 0) is 18.2 Å². The maximum atomic E-state index is 14.7. The maximum absolute atomic E-state index is 14.7. The molecule has 90 valence electrons. The molecule has 2 N–H and O–H groups in total. The van der Waals surface area contributed by atoms with Crippen LogP contribution in [0.3, 0.4) is 0 Å². The summed E-state index contributed by atoms with van der Waals surface area (Å²) in [5.41, 5.74) is 2.07. The van der Waals surface area contributed by atoms with Crippen LogP contribution >= 0.6 is 0 Å². The Kier molecular flexibility index (Phi) is 3.33. The van der Waals surface area contributed by atoms with Crippen LogP contribution in [0.4, 0.5) is 13.2 Å². The molecule has 0 radical (unpaired) electrons. The van der Waals surface area contributed by atoms with E-state index in [1.54, 1.807) is 20.8 Å². The first-order valence-electron chi connectivity index (χ1n) is 5.07. The van der Waals surface area contributed by atoms with Gasteiger partial charge in [0.05, 0.1) is 0 Å². The molecule has 0 aliphatic heterocycles. The fourth-order valence-electron chi connectivity index (χ4n) is 1.62. The van der Waals surface area contributed by atoms with Gasteiger partial charge in [-0.3, -0.25) is 0 Å².